The van der Waals surface area contributed by atoms with Crippen LogP contribution in [0.4, 0.5) is 0 Å². The molecule has 0 heterocycles. The summed E-state index contributed by atoms with van der Waals surface area (Å²) < 4.78 is 0. The molecule has 5 nitrogen and oxygen atoms in total. The highest BCUT2D eigenvalue weighted by Crippen LogP contribution is 2.18. The molecular formula is C12H23N3O2. The first kappa shape index (κ1) is 14.0. The highest BCUT2D eigenvalue weighted by molar-refractivity contribution is 5.86. The molecule has 0 saturated heterocycles. The highest BCUT2D eigenvalue weighted by atomic mass is 16.2. The Kier molecular flexibility index (Phi) is 4.93. The van der Waals surface area contributed by atoms with Crippen molar-refractivity contribution in [3.05, 3.63) is 0 Å². The van der Waals surface area contributed by atoms with Gasteiger partial charge in [0.2, 0.25) is 11.8 Å². The minimum atomic E-state index is -0.582. The molecule has 1 aliphatic rings. The number of carbonyl (C=O) groups is 2. The Bertz CT molecular complexity index is 285. The van der Waals surface area contributed by atoms with Crippen molar-refractivity contribution in [1.29, 1.82) is 0 Å². The molecule has 0 unspecified atom stereocenters. The molecule has 1 fully saturated rings. The molecule has 5 heteroatoms. The monoisotopic (exact) mass is 241 g/mol. The van der Waals surface area contributed by atoms with E-state index in [1.165, 1.54) is 0 Å². The topological polar surface area (TPSA) is 70.2 Å². The van der Waals surface area contributed by atoms with Gasteiger partial charge in [0.1, 0.15) is 0 Å². The van der Waals surface area contributed by atoms with Crippen LogP contribution in [0.5, 0.6) is 0 Å². The van der Waals surface area contributed by atoms with Gasteiger partial charge in [0.15, 0.2) is 0 Å². The van der Waals surface area contributed by atoms with Crippen LogP contribution in [0.25, 0.3) is 0 Å². The number of hydrogen-bond acceptors (Lipinski definition) is 3. The first-order valence-corrected chi connectivity index (χ1v) is 6.28. The summed E-state index contributed by atoms with van der Waals surface area (Å²) >= 11 is 0. The molecule has 17 heavy (non-hydrogen) atoms. The number of amides is 2. The van der Waals surface area contributed by atoms with Crippen molar-refractivity contribution in [2.75, 3.05) is 13.1 Å². The smallest absolute Gasteiger partial charge is 0.239 e. The van der Waals surface area contributed by atoms with Gasteiger partial charge in [0.05, 0.1) is 5.54 Å². The van der Waals surface area contributed by atoms with E-state index in [-0.39, 0.29) is 11.8 Å². The molecule has 3 N–H and O–H groups in total. The first-order valence-electron chi connectivity index (χ1n) is 6.28. The summed E-state index contributed by atoms with van der Waals surface area (Å²) in [5.41, 5.74) is -0.582. The molecule has 1 aliphatic carbocycles. The average molecular weight is 241 g/mol. The Morgan fingerprint density at radius 1 is 1.29 bits per heavy atom. The van der Waals surface area contributed by atoms with E-state index in [2.05, 4.69) is 16.0 Å². The predicted octanol–water partition coefficient (Wildman–Crippen LogP) is 0.159. The molecule has 0 radical (unpaired) electrons. The van der Waals surface area contributed by atoms with Crippen LogP contribution in [0.3, 0.4) is 0 Å². The molecule has 0 aromatic carbocycles. The van der Waals surface area contributed by atoms with Gasteiger partial charge in [-0.15, -0.1) is 0 Å². The second kappa shape index (κ2) is 6.00. The van der Waals surface area contributed by atoms with Crippen LogP contribution in [-0.4, -0.2) is 36.5 Å². The van der Waals surface area contributed by atoms with Crippen LogP contribution < -0.4 is 16.0 Å². The van der Waals surface area contributed by atoms with Crippen molar-refractivity contribution < 1.29 is 9.59 Å². The highest BCUT2D eigenvalue weighted by Gasteiger charge is 2.26. The number of rotatable bonds is 7. The molecule has 2 amide bonds. The fourth-order valence-corrected chi connectivity index (χ4v) is 1.56. The number of hydrogen-bond donors (Lipinski definition) is 3. The van der Waals surface area contributed by atoms with E-state index in [4.69, 9.17) is 0 Å². The van der Waals surface area contributed by atoms with Gasteiger partial charge < -0.3 is 16.0 Å². The van der Waals surface area contributed by atoms with Crippen molar-refractivity contribution >= 4 is 11.8 Å². The third-order valence-electron chi connectivity index (χ3n) is 2.77. The number of nitrogens with one attached hydrogen (secondary N) is 3. The van der Waals surface area contributed by atoms with Crippen LogP contribution in [0.1, 0.15) is 40.0 Å². The SMILES string of the molecule is CCNC(C)(C)C(=O)NCCC(=O)NC1CC1. The lowest BCUT2D eigenvalue weighted by Gasteiger charge is -2.24. The molecular weight excluding hydrogens is 218 g/mol. The Hall–Kier alpha value is -1.10. The van der Waals surface area contributed by atoms with Gasteiger partial charge in [-0.2, -0.15) is 0 Å². The summed E-state index contributed by atoms with van der Waals surface area (Å²) in [6, 6.07) is 0.386. The minimum absolute atomic E-state index is 0.0223. The van der Waals surface area contributed by atoms with E-state index < -0.39 is 5.54 Å². The van der Waals surface area contributed by atoms with Gasteiger partial charge in [-0.3, -0.25) is 9.59 Å². The molecule has 0 atom stereocenters. The van der Waals surface area contributed by atoms with E-state index in [0.29, 0.717) is 19.0 Å². The van der Waals surface area contributed by atoms with Gasteiger partial charge in [-0.25, -0.2) is 0 Å². The molecule has 0 aromatic heterocycles. The second-order valence-electron chi connectivity index (χ2n) is 5.00. The lowest BCUT2D eigenvalue weighted by Crippen LogP contribution is -2.53. The van der Waals surface area contributed by atoms with E-state index >= 15 is 0 Å². The second-order valence-corrected chi connectivity index (χ2v) is 5.00. The van der Waals surface area contributed by atoms with Gasteiger partial charge in [-0.05, 0) is 33.2 Å². The van der Waals surface area contributed by atoms with Crippen LogP contribution in [0, 0.1) is 0 Å². The summed E-state index contributed by atoms with van der Waals surface area (Å²) in [7, 11) is 0. The Morgan fingerprint density at radius 3 is 2.47 bits per heavy atom. The molecule has 98 valence electrons. The average Bonchev–Trinajstić information content (AvgIpc) is 3.01. The van der Waals surface area contributed by atoms with Crippen LogP contribution >= 0.6 is 0 Å². The van der Waals surface area contributed by atoms with Crippen LogP contribution in [-0.2, 0) is 9.59 Å². The van der Waals surface area contributed by atoms with Crippen molar-refractivity contribution in [3.63, 3.8) is 0 Å². The van der Waals surface area contributed by atoms with Gasteiger partial charge in [-0.1, -0.05) is 6.92 Å². The Balaban J connectivity index is 2.16. The van der Waals surface area contributed by atoms with E-state index in [1.54, 1.807) is 0 Å². The maximum absolute atomic E-state index is 11.8. The van der Waals surface area contributed by atoms with E-state index in [0.717, 1.165) is 19.4 Å². The van der Waals surface area contributed by atoms with Crippen molar-refractivity contribution in [2.24, 2.45) is 0 Å². The largest absolute Gasteiger partial charge is 0.354 e. The van der Waals surface area contributed by atoms with Crippen LogP contribution in [0.2, 0.25) is 0 Å². The Morgan fingerprint density at radius 2 is 1.94 bits per heavy atom. The summed E-state index contributed by atoms with van der Waals surface area (Å²) in [5.74, 6) is -0.0485. The zero-order valence-electron chi connectivity index (χ0n) is 10.9. The van der Waals surface area contributed by atoms with E-state index in [1.807, 2.05) is 20.8 Å². The third-order valence-corrected chi connectivity index (χ3v) is 2.77. The normalized spacial score (nSPS) is 15.5. The van der Waals surface area contributed by atoms with Crippen molar-refractivity contribution in [2.45, 2.75) is 51.6 Å². The molecule has 0 aromatic rings. The summed E-state index contributed by atoms with van der Waals surface area (Å²) in [6.07, 6.45) is 2.53. The molecule has 1 saturated carbocycles. The standard InChI is InChI=1S/C12H23N3O2/c1-4-14-12(2,3)11(17)13-8-7-10(16)15-9-5-6-9/h9,14H,4-8H2,1-3H3,(H,13,17)(H,15,16). The Labute approximate surface area is 103 Å². The maximum atomic E-state index is 11.8. The maximum Gasteiger partial charge on any atom is 0.239 e. The number of likely N-dealkylation sites (N-methyl/N-ethyl adjacent to an activating group) is 1. The lowest BCUT2D eigenvalue weighted by atomic mass is 10.0. The zero-order chi connectivity index (χ0) is 12.9. The fourth-order valence-electron chi connectivity index (χ4n) is 1.56. The zero-order valence-corrected chi connectivity index (χ0v) is 10.9. The molecule has 0 aliphatic heterocycles. The fraction of sp³-hybridized carbons (Fsp3) is 0.833. The van der Waals surface area contributed by atoms with E-state index in [9.17, 15) is 9.59 Å². The quantitative estimate of drug-likeness (QED) is 0.594. The number of carbonyl (C=O) groups excluding carboxylic acids is 2. The van der Waals surface area contributed by atoms with Crippen molar-refractivity contribution in [1.82, 2.24) is 16.0 Å². The van der Waals surface area contributed by atoms with Gasteiger partial charge >= 0.3 is 0 Å². The summed E-state index contributed by atoms with van der Waals surface area (Å²) in [5, 5.41) is 8.75. The lowest BCUT2D eigenvalue weighted by molar-refractivity contribution is -0.126. The summed E-state index contributed by atoms with van der Waals surface area (Å²) in [6.45, 7) is 6.75. The summed E-state index contributed by atoms with van der Waals surface area (Å²) in [4.78, 5) is 23.1. The molecule has 0 spiro atoms. The molecule has 1 rings (SSSR count). The van der Waals surface area contributed by atoms with Crippen LogP contribution in [0.15, 0.2) is 0 Å². The third kappa shape index (κ3) is 5.17. The first-order chi connectivity index (χ1) is 7.95. The van der Waals surface area contributed by atoms with Gasteiger partial charge in [0.25, 0.3) is 0 Å². The minimum Gasteiger partial charge on any atom is -0.354 e. The predicted molar refractivity (Wildman–Crippen MR) is 66.5 cm³/mol. The van der Waals surface area contributed by atoms with Gasteiger partial charge in [0, 0.05) is 19.0 Å². The molecule has 0 bridgehead atoms. The van der Waals surface area contributed by atoms with Crippen molar-refractivity contribution in [3.8, 4) is 0 Å².